The Hall–Kier alpha value is -1.25. The molecule has 1 saturated carbocycles. The lowest BCUT2D eigenvalue weighted by atomic mass is 10.5. The number of nitrogens with one attached hydrogen (secondary N) is 1. The molecule has 1 aromatic rings. The van der Waals surface area contributed by atoms with E-state index in [2.05, 4.69) is 28.4 Å². The average Bonchev–Trinajstić information content (AvgIpc) is 2.66. The molecule has 0 amide bonds. The van der Waals surface area contributed by atoms with E-state index >= 15 is 0 Å². The van der Waals surface area contributed by atoms with Gasteiger partial charge in [-0.2, -0.15) is 0 Å². The summed E-state index contributed by atoms with van der Waals surface area (Å²) in [4.78, 5) is 4.25. The van der Waals surface area contributed by atoms with Crippen LogP contribution in [-0.2, 0) is 0 Å². The highest BCUT2D eigenvalue weighted by Crippen LogP contribution is 2.43. The summed E-state index contributed by atoms with van der Waals surface area (Å²) >= 11 is 0. The highest BCUT2D eigenvalue weighted by atomic mass is 15.2. The van der Waals surface area contributed by atoms with Crippen LogP contribution in [-0.4, -0.2) is 16.1 Å². The Balaban J connectivity index is 2.07. The van der Waals surface area contributed by atoms with Gasteiger partial charge in [-0.15, -0.1) is 6.58 Å². The first-order valence-corrected chi connectivity index (χ1v) is 4.70. The third-order valence-electron chi connectivity index (χ3n) is 2.50. The van der Waals surface area contributed by atoms with E-state index in [-0.39, 0.29) is 0 Å². The van der Waals surface area contributed by atoms with Crippen molar-refractivity contribution in [2.45, 2.75) is 19.4 Å². The minimum absolute atomic E-state index is 0.662. The van der Waals surface area contributed by atoms with E-state index in [1.54, 1.807) is 0 Å². The molecule has 1 aliphatic carbocycles. The molecule has 1 fully saturated rings. The maximum Gasteiger partial charge on any atom is 0.203 e. The largest absolute Gasteiger partial charge is 0.352 e. The van der Waals surface area contributed by atoms with Gasteiger partial charge in [-0.3, -0.25) is 0 Å². The van der Waals surface area contributed by atoms with E-state index in [1.807, 2.05) is 18.5 Å². The van der Waals surface area contributed by atoms with Gasteiger partial charge in [0.2, 0.25) is 5.95 Å². The van der Waals surface area contributed by atoms with E-state index in [9.17, 15) is 0 Å². The molecule has 0 bridgehead atoms. The smallest absolute Gasteiger partial charge is 0.203 e. The molecule has 1 aromatic heterocycles. The van der Waals surface area contributed by atoms with Crippen molar-refractivity contribution in [3.63, 3.8) is 0 Å². The summed E-state index contributed by atoms with van der Waals surface area (Å²) < 4.78 is 2.22. The van der Waals surface area contributed by atoms with Gasteiger partial charge < -0.3 is 9.88 Å². The number of hydrogen-bond acceptors (Lipinski definition) is 2. The number of rotatable bonds is 4. The van der Waals surface area contributed by atoms with Gasteiger partial charge in [0.25, 0.3) is 0 Å². The minimum atomic E-state index is 0.662. The Labute approximate surface area is 78.5 Å². The fourth-order valence-electron chi connectivity index (χ4n) is 1.57. The summed E-state index contributed by atoms with van der Waals surface area (Å²) in [5, 5.41) is 3.22. The average molecular weight is 177 g/mol. The summed E-state index contributed by atoms with van der Waals surface area (Å²) in [5.41, 5.74) is 0. The molecule has 0 aliphatic heterocycles. The lowest BCUT2D eigenvalue weighted by Gasteiger charge is -2.06. The fraction of sp³-hybridized carbons (Fsp3) is 0.500. The highest BCUT2D eigenvalue weighted by molar-refractivity contribution is 5.29. The van der Waals surface area contributed by atoms with Crippen molar-refractivity contribution in [2.75, 3.05) is 11.9 Å². The van der Waals surface area contributed by atoms with E-state index in [1.165, 1.54) is 6.42 Å². The van der Waals surface area contributed by atoms with Gasteiger partial charge in [0, 0.05) is 25.0 Å². The van der Waals surface area contributed by atoms with Crippen LogP contribution < -0.4 is 5.32 Å². The van der Waals surface area contributed by atoms with Crippen LogP contribution in [0, 0.1) is 5.92 Å². The topological polar surface area (TPSA) is 29.9 Å². The monoisotopic (exact) mass is 177 g/mol. The lowest BCUT2D eigenvalue weighted by Crippen LogP contribution is -2.06. The predicted octanol–water partition coefficient (Wildman–Crippen LogP) is 2.06. The van der Waals surface area contributed by atoms with Crippen LogP contribution in [0.3, 0.4) is 0 Å². The third-order valence-corrected chi connectivity index (χ3v) is 2.50. The Morgan fingerprint density at radius 1 is 1.85 bits per heavy atom. The van der Waals surface area contributed by atoms with Gasteiger partial charge in [0.1, 0.15) is 0 Å². The maximum absolute atomic E-state index is 4.25. The Morgan fingerprint density at radius 2 is 2.62 bits per heavy atom. The molecule has 1 heterocycles. The SMILES string of the molecule is C=CCNc1nccn1C1CC1C. The van der Waals surface area contributed by atoms with Crippen molar-refractivity contribution in [2.24, 2.45) is 5.92 Å². The van der Waals surface area contributed by atoms with Crippen molar-refractivity contribution < 1.29 is 0 Å². The van der Waals surface area contributed by atoms with Crippen LogP contribution >= 0.6 is 0 Å². The molecular formula is C10H15N3. The zero-order valence-electron chi connectivity index (χ0n) is 7.90. The summed E-state index contributed by atoms with van der Waals surface area (Å²) in [6.07, 6.45) is 7.00. The van der Waals surface area contributed by atoms with Gasteiger partial charge in [0.05, 0.1) is 0 Å². The van der Waals surface area contributed by atoms with Crippen molar-refractivity contribution in [3.8, 4) is 0 Å². The van der Waals surface area contributed by atoms with Crippen LogP contribution in [0.15, 0.2) is 25.0 Å². The van der Waals surface area contributed by atoms with E-state index in [4.69, 9.17) is 0 Å². The molecule has 0 aromatic carbocycles. The zero-order valence-corrected chi connectivity index (χ0v) is 7.90. The van der Waals surface area contributed by atoms with E-state index in [0.717, 1.165) is 18.4 Å². The molecular weight excluding hydrogens is 162 g/mol. The van der Waals surface area contributed by atoms with Crippen LogP contribution in [0.1, 0.15) is 19.4 Å². The molecule has 0 saturated heterocycles. The number of hydrogen-bond donors (Lipinski definition) is 1. The number of anilines is 1. The molecule has 13 heavy (non-hydrogen) atoms. The quantitative estimate of drug-likeness (QED) is 0.713. The first kappa shape index (κ1) is 8.35. The Kier molecular flexibility index (Phi) is 2.08. The first-order valence-electron chi connectivity index (χ1n) is 4.70. The van der Waals surface area contributed by atoms with Crippen LogP contribution in [0.5, 0.6) is 0 Å². The van der Waals surface area contributed by atoms with Gasteiger partial charge in [-0.25, -0.2) is 4.98 Å². The lowest BCUT2D eigenvalue weighted by molar-refractivity contribution is 0.690. The van der Waals surface area contributed by atoms with E-state index in [0.29, 0.717) is 6.04 Å². The van der Waals surface area contributed by atoms with E-state index < -0.39 is 0 Å². The summed E-state index contributed by atoms with van der Waals surface area (Å²) in [6.45, 7) is 6.71. The van der Waals surface area contributed by atoms with Gasteiger partial charge in [-0.1, -0.05) is 13.0 Å². The molecule has 3 nitrogen and oxygen atoms in total. The van der Waals surface area contributed by atoms with Gasteiger partial charge in [0.15, 0.2) is 0 Å². The highest BCUT2D eigenvalue weighted by Gasteiger charge is 2.35. The van der Waals surface area contributed by atoms with Crippen LogP contribution in [0.2, 0.25) is 0 Å². The van der Waals surface area contributed by atoms with Crippen molar-refractivity contribution >= 4 is 5.95 Å². The second kappa shape index (κ2) is 3.24. The zero-order chi connectivity index (χ0) is 9.26. The molecule has 0 spiro atoms. The minimum Gasteiger partial charge on any atom is -0.352 e. The van der Waals surface area contributed by atoms with Crippen molar-refractivity contribution in [1.82, 2.24) is 9.55 Å². The van der Waals surface area contributed by atoms with Crippen LogP contribution in [0.4, 0.5) is 5.95 Å². The van der Waals surface area contributed by atoms with Crippen molar-refractivity contribution in [3.05, 3.63) is 25.0 Å². The molecule has 3 heteroatoms. The van der Waals surface area contributed by atoms with Gasteiger partial charge >= 0.3 is 0 Å². The van der Waals surface area contributed by atoms with Crippen molar-refractivity contribution in [1.29, 1.82) is 0 Å². The summed E-state index contributed by atoms with van der Waals surface area (Å²) in [6, 6.07) is 0.662. The molecule has 70 valence electrons. The Morgan fingerprint density at radius 3 is 3.23 bits per heavy atom. The summed E-state index contributed by atoms with van der Waals surface area (Å²) in [5.74, 6) is 1.77. The normalized spacial score (nSPS) is 25.6. The predicted molar refractivity (Wildman–Crippen MR) is 53.7 cm³/mol. The molecule has 1 N–H and O–H groups in total. The molecule has 2 atom stereocenters. The standard InChI is InChI=1S/C10H15N3/c1-3-4-11-10-12-5-6-13(10)9-7-8(9)2/h3,5-6,8-9H,1,4,7H2,2H3,(H,11,12). The first-order chi connectivity index (χ1) is 6.33. The summed E-state index contributed by atoms with van der Waals surface area (Å²) in [7, 11) is 0. The fourth-order valence-corrected chi connectivity index (χ4v) is 1.57. The molecule has 2 rings (SSSR count). The molecule has 1 aliphatic rings. The van der Waals surface area contributed by atoms with Gasteiger partial charge in [-0.05, 0) is 12.3 Å². The number of nitrogens with zero attached hydrogens (tertiary/aromatic N) is 2. The van der Waals surface area contributed by atoms with Crippen LogP contribution in [0.25, 0.3) is 0 Å². The third kappa shape index (κ3) is 1.59. The molecule has 2 unspecified atom stereocenters. The Bertz CT molecular complexity index is 303. The number of aromatic nitrogens is 2. The second-order valence-electron chi connectivity index (χ2n) is 3.61. The second-order valence-corrected chi connectivity index (χ2v) is 3.61. The molecule has 0 radical (unpaired) electrons. The number of imidazole rings is 1. The maximum atomic E-state index is 4.25.